The van der Waals surface area contributed by atoms with E-state index < -0.39 is 5.60 Å². The zero-order valence-electron chi connectivity index (χ0n) is 13.3. The van der Waals surface area contributed by atoms with E-state index in [1.807, 2.05) is 0 Å². The molecule has 3 aliphatic rings. The molecule has 0 bridgehead atoms. The first kappa shape index (κ1) is 15.7. The number of hydrogen-bond acceptors (Lipinski definition) is 4. The Kier molecular flexibility index (Phi) is 5.54. The molecular weight excluding hydrogens is 266 g/mol. The molecule has 1 N–H and O–H groups in total. The number of hydrogen-bond donors (Lipinski definition) is 1. The van der Waals surface area contributed by atoms with Gasteiger partial charge in [-0.1, -0.05) is 19.3 Å². The first-order valence-corrected chi connectivity index (χ1v) is 8.91. The molecule has 2 heterocycles. The minimum atomic E-state index is -0.413. The minimum absolute atomic E-state index is 0.339. The van der Waals surface area contributed by atoms with Gasteiger partial charge in [0.1, 0.15) is 0 Å². The average Bonchev–Trinajstić information content (AvgIpc) is 3.00. The topological polar surface area (TPSA) is 41.9 Å². The summed E-state index contributed by atoms with van der Waals surface area (Å²) < 4.78 is 11.6. The lowest BCUT2D eigenvalue weighted by molar-refractivity contribution is -0.0630. The Labute approximate surface area is 128 Å². The maximum atomic E-state index is 10.6. The van der Waals surface area contributed by atoms with Gasteiger partial charge in [0, 0.05) is 26.2 Å². The highest BCUT2D eigenvalue weighted by molar-refractivity contribution is 4.87. The molecule has 0 aromatic rings. The summed E-state index contributed by atoms with van der Waals surface area (Å²) in [5.74, 6) is 0. The van der Waals surface area contributed by atoms with Gasteiger partial charge in [0.05, 0.1) is 24.4 Å². The van der Waals surface area contributed by atoms with Crippen molar-refractivity contribution in [2.75, 3.05) is 32.8 Å². The van der Waals surface area contributed by atoms with E-state index in [0.717, 1.165) is 65.0 Å². The third-order valence-electron chi connectivity index (χ3n) is 5.38. The smallest absolute Gasteiger partial charge is 0.0809 e. The van der Waals surface area contributed by atoms with Gasteiger partial charge < -0.3 is 19.5 Å². The molecule has 0 spiro atoms. The van der Waals surface area contributed by atoms with E-state index in [-0.39, 0.29) is 0 Å². The molecule has 2 saturated heterocycles. The second-order valence-corrected chi connectivity index (χ2v) is 7.23. The molecule has 122 valence electrons. The second-order valence-electron chi connectivity index (χ2n) is 7.23. The van der Waals surface area contributed by atoms with E-state index >= 15 is 0 Å². The lowest BCUT2D eigenvalue weighted by Crippen LogP contribution is -2.48. The van der Waals surface area contributed by atoms with Crippen molar-refractivity contribution in [3.05, 3.63) is 0 Å². The Morgan fingerprint density at radius 2 is 1.81 bits per heavy atom. The third kappa shape index (κ3) is 4.65. The molecule has 2 aliphatic heterocycles. The summed E-state index contributed by atoms with van der Waals surface area (Å²) >= 11 is 0. The van der Waals surface area contributed by atoms with Gasteiger partial charge in [0.2, 0.25) is 0 Å². The average molecular weight is 297 g/mol. The first-order chi connectivity index (χ1) is 10.2. The standard InChI is InChI=1S/C17H31NO3/c19-17(8-2-1-3-9-17)14-18-10-6-15(7-11-18)21-13-16-5-4-12-20-16/h15-16,19H,1-14H2. The molecule has 21 heavy (non-hydrogen) atoms. The van der Waals surface area contributed by atoms with Gasteiger partial charge in [0.15, 0.2) is 0 Å². The number of nitrogens with zero attached hydrogens (tertiary/aromatic N) is 1. The molecule has 1 saturated carbocycles. The van der Waals surface area contributed by atoms with Crippen LogP contribution in [0, 0.1) is 0 Å². The zero-order valence-corrected chi connectivity index (χ0v) is 13.3. The highest BCUT2D eigenvalue weighted by Gasteiger charge is 2.33. The molecule has 4 nitrogen and oxygen atoms in total. The third-order valence-corrected chi connectivity index (χ3v) is 5.38. The highest BCUT2D eigenvalue weighted by atomic mass is 16.5. The van der Waals surface area contributed by atoms with Crippen molar-refractivity contribution < 1.29 is 14.6 Å². The molecule has 0 radical (unpaired) electrons. The molecular formula is C17H31NO3. The van der Waals surface area contributed by atoms with Crippen LogP contribution in [0.25, 0.3) is 0 Å². The SMILES string of the molecule is OC1(CN2CCC(OCC3CCCO3)CC2)CCCCC1. The zero-order chi connectivity index (χ0) is 14.5. The van der Waals surface area contributed by atoms with Crippen molar-refractivity contribution in [1.82, 2.24) is 4.90 Å². The van der Waals surface area contributed by atoms with Gasteiger partial charge in [-0.25, -0.2) is 0 Å². The van der Waals surface area contributed by atoms with Crippen LogP contribution in [-0.4, -0.2) is 60.7 Å². The number of ether oxygens (including phenoxy) is 2. The predicted molar refractivity (Wildman–Crippen MR) is 82.4 cm³/mol. The molecule has 4 heteroatoms. The Bertz CT molecular complexity index is 303. The quantitative estimate of drug-likeness (QED) is 0.846. The molecule has 0 amide bonds. The largest absolute Gasteiger partial charge is 0.389 e. The number of aliphatic hydroxyl groups is 1. The van der Waals surface area contributed by atoms with Crippen LogP contribution in [0.4, 0.5) is 0 Å². The summed E-state index contributed by atoms with van der Waals surface area (Å²) in [7, 11) is 0. The number of rotatable bonds is 5. The molecule has 0 aromatic carbocycles. The van der Waals surface area contributed by atoms with Crippen LogP contribution in [0.3, 0.4) is 0 Å². The Balaban J connectivity index is 1.34. The molecule has 1 unspecified atom stereocenters. The summed E-state index contributed by atoms with van der Waals surface area (Å²) in [6.45, 7) is 4.68. The Morgan fingerprint density at radius 1 is 1.05 bits per heavy atom. The monoisotopic (exact) mass is 297 g/mol. The molecule has 1 aliphatic carbocycles. The number of β-amino-alcohol motifs (C(OH)–C–C–N with tert-alkyl or cyclic N) is 1. The van der Waals surface area contributed by atoms with Crippen molar-refractivity contribution >= 4 is 0 Å². The van der Waals surface area contributed by atoms with E-state index in [0.29, 0.717) is 12.2 Å². The Hall–Kier alpha value is -0.160. The van der Waals surface area contributed by atoms with Gasteiger partial charge >= 0.3 is 0 Å². The van der Waals surface area contributed by atoms with Crippen LogP contribution >= 0.6 is 0 Å². The van der Waals surface area contributed by atoms with Crippen molar-refractivity contribution in [1.29, 1.82) is 0 Å². The van der Waals surface area contributed by atoms with Crippen LogP contribution in [0.15, 0.2) is 0 Å². The maximum absolute atomic E-state index is 10.6. The molecule has 0 aromatic heterocycles. The summed E-state index contributed by atoms with van der Waals surface area (Å²) in [4.78, 5) is 2.44. The number of piperidine rings is 1. The van der Waals surface area contributed by atoms with Crippen molar-refractivity contribution in [2.24, 2.45) is 0 Å². The maximum Gasteiger partial charge on any atom is 0.0809 e. The highest BCUT2D eigenvalue weighted by Crippen LogP contribution is 2.30. The second kappa shape index (κ2) is 7.40. The first-order valence-electron chi connectivity index (χ1n) is 8.91. The number of likely N-dealkylation sites (tertiary alicyclic amines) is 1. The van der Waals surface area contributed by atoms with Gasteiger partial charge in [-0.15, -0.1) is 0 Å². The van der Waals surface area contributed by atoms with Gasteiger partial charge in [-0.3, -0.25) is 0 Å². The summed E-state index contributed by atoms with van der Waals surface area (Å²) in [5.41, 5.74) is -0.413. The van der Waals surface area contributed by atoms with Crippen LogP contribution in [0.1, 0.15) is 57.8 Å². The summed E-state index contributed by atoms with van der Waals surface area (Å²) in [6, 6.07) is 0. The summed E-state index contributed by atoms with van der Waals surface area (Å²) in [6.07, 6.45) is 10.9. The van der Waals surface area contributed by atoms with Crippen molar-refractivity contribution in [3.8, 4) is 0 Å². The van der Waals surface area contributed by atoms with Crippen LogP contribution in [0.2, 0.25) is 0 Å². The van der Waals surface area contributed by atoms with E-state index in [4.69, 9.17) is 9.47 Å². The summed E-state index contributed by atoms with van der Waals surface area (Å²) in [5, 5.41) is 10.6. The fourth-order valence-electron chi connectivity index (χ4n) is 4.04. The lowest BCUT2D eigenvalue weighted by Gasteiger charge is -2.40. The van der Waals surface area contributed by atoms with E-state index in [1.54, 1.807) is 0 Å². The van der Waals surface area contributed by atoms with Crippen molar-refractivity contribution in [3.63, 3.8) is 0 Å². The van der Waals surface area contributed by atoms with Crippen LogP contribution in [0.5, 0.6) is 0 Å². The fraction of sp³-hybridized carbons (Fsp3) is 1.00. The van der Waals surface area contributed by atoms with Gasteiger partial charge in [-0.05, 0) is 38.5 Å². The van der Waals surface area contributed by atoms with E-state index in [1.165, 1.54) is 25.7 Å². The minimum Gasteiger partial charge on any atom is -0.389 e. The predicted octanol–water partition coefficient (Wildman–Crippen LogP) is 2.34. The van der Waals surface area contributed by atoms with Gasteiger partial charge in [0.25, 0.3) is 0 Å². The molecule has 1 atom stereocenters. The Morgan fingerprint density at radius 3 is 2.48 bits per heavy atom. The fourth-order valence-corrected chi connectivity index (χ4v) is 4.04. The van der Waals surface area contributed by atoms with Crippen LogP contribution < -0.4 is 0 Å². The molecule has 3 rings (SSSR count). The van der Waals surface area contributed by atoms with Gasteiger partial charge in [-0.2, -0.15) is 0 Å². The van der Waals surface area contributed by atoms with Crippen LogP contribution in [-0.2, 0) is 9.47 Å². The molecule has 3 fully saturated rings. The normalized spacial score (nSPS) is 31.6. The van der Waals surface area contributed by atoms with Crippen molar-refractivity contribution in [2.45, 2.75) is 75.6 Å². The van der Waals surface area contributed by atoms with E-state index in [2.05, 4.69) is 4.90 Å². The van der Waals surface area contributed by atoms with E-state index in [9.17, 15) is 5.11 Å². The lowest BCUT2D eigenvalue weighted by atomic mass is 9.84.